The Morgan fingerprint density at radius 2 is 1.65 bits per heavy atom. The average molecular weight is 492 g/mol. The number of sulfonamides is 1. The van der Waals surface area contributed by atoms with Gasteiger partial charge >= 0.3 is 0 Å². The zero-order valence-corrected chi connectivity index (χ0v) is 21.0. The highest BCUT2D eigenvalue weighted by atomic mass is 32.2. The van der Waals surface area contributed by atoms with E-state index in [1.165, 1.54) is 40.5 Å². The zero-order valence-electron chi connectivity index (χ0n) is 20.2. The molecule has 2 atom stereocenters. The van der Waals surface area contributed by atoms with Crippen molar-refractivity contribution in [2.24, 2.45) is 0 Å². The predicted molar refractivity (Wildman–Crippen MR) is 130 cm³/mol. The van der Waals surface area contributed by atoms with Gasteiger partial charge in [-0.15, -0.1) is 0 Å². The molecule has 0 saturated heterocycles. The van der Waals surface area contributed by atoms with E-state index in [1.807, 2.05) is 13.8 Å². The molecule has 0 heterocycles. The van der Waals surface area contributed by atoms with Crippen molar-refractivity contribution in [3.63, 3.8) is 0 Å². The number of rotatable bonds is 12. The summed E-state index contributed by atoms with van der Waals surface area (Å²) >= 11 is 0. The van der Waals surface area contributed by atoms with Gasteiger partial charge in [-0.2, -0.15) is 0 Å². The third-order valence-corrected chi connectivity index (χ3v) is 7.62. The van der Waals surface area contributed by atoms with E-state index in [0.29, 0.717) is 12.0 Å². The van der Waals surface area contributed by atoms with Crippen LogP contribution in [-0.2, 0) is 26.2 Å². The van der Waals surface area contributed by atoms with Gasteiger partial charge in [0, 0.05) is 32.6 Å². The lowest BCUT2D eigenvalue weighted by Gasteiger charge is -2.30. The van der Waals surface area contributed by atoms with E-state index >= 15 is 0 Å². The van der Waals surface area contributed by atoms with Gasteiger partial charge in [-0.25, -0.2) is 17.1 Å². The molecule has 7 nitrogen and oxygen atoms in total. The summed E-state index contributed by atoms with van der Waals surface area (Å²) in [5, 5.41) is 2.89. The van der Waals surface area contributed by atoms with Crippen molar-refractivity contribution in [1.82, 2.24) is 14.5 Å². The molecule has 0 bridgehead atoms. The van der Waals surface area contributed by atoms with Crippen molar-refractivity contribution in [1.29, 1.82) is 0 Å². The Morgan fingerprint density at radius 3 is 2.24 bits per heavy atom. The van der Waals surface area contributed by atoms with Crippen LogP contribution in [0.1, 0.15) is 45.6 Å². The minimum Gasteiger partial charge on any atom is -0.352 e. The maximum atomic E-state index is 13.3. The van der Waals surface area contributed by atoms with Crippen LogP contribution in [0, 0.1) is 5.82 Å². The molecular formula is C25H34FN3O4S. The number of carbonyl (C=O) groups is 2. The van der Waals surface area contributed by atoms with Gasteiger partial charge in [-0.3, -0.25) is 9.59 Å². The molecule has 0 fully saturated rings. The first-order valence-corrected chi connectivity index (χ1v) is 12.9. The van der Waals surface area contributed by atoms with E-state index in [0.717, 1.165) is 6.42 Å². The minimum absolute atomic E-state index is 0.0328. The average Bonchev–Trinajstić information content (AvgIpc) is 2.83. The summed E-state index contributed by atoms with van der Waals surface area (Å²) in [5.41, 5.74) is 0.696. The van der Waals surface area contributed by atoms with E-state index in [-0.39, 0.29) is 48.1 Å². The van der Waals surface area contributed by atoms with Gasteiger partial charge < -0.3 is 10.2 Å². The number of carbonyl (C=O) groups excluding carboxylic acids is 2. The Bertz CT molecular complexity index is 1050. The van der Waals surface area contributed by atoms with E-state index < -0.39 is 16.1 Å². The number of halogens is 1. The maximum Gasteiger partial charge on any atom is 0.242 e. The first-order chi connectivity index (χ1) is 16.1. The second-order valence-corrected chi connectivity index (χ2v) is 10.4. The fourth-order valence-electron chi connectivity index (χ4n) is 3.32. The summed E-state index contributed by atoms with van der Waals surface area (Å²) in [5.74, 6) is -0.929. The van der Waals surface area contributed by atoms with Crippen LogP contribution in [-0.4, -0.2) is 55.1 Å². The lowest BCUT2D eigenvalue weighted by Crippen LogP contribution is -2.49. The number of benzene rings is 2. The standard InChI is InChI=1S/C25H34FN3O4S/c1-5-19(2)27-25(31)20(3)29(18-21-13-15-22(26)16-14-21)24(30)12-9-17-28(4)34(32,33)23-10-7-6-8-11-23/h6-8,10-11,13-16,19-20H,5,9,12,17-18H2,1-4H3,(H,27,31). The molecule has 9 heteroatoms. The van der Waals surface area contributed by atoms with Gasteiger partial charge in [0.25, 0.3) is 0 Å². The summed E-state index contributed by atoms with van der Waals surface area (Å²) in [7, 11) is -2.17. The molecule has 1 N–H and O–H groups in total. The molecule has 2 aromatic carbocycles. The first-order valence-electron chi connectivity index (χ1n) is 11.4. The summed E-state index contributed by atoms with van der Waals surface area (Å²) in [6.07, 6.45) is 1.12. The molecule has 186 valence electrons. The predicted octanol–water partition coefficient (Wildman–Crippen LogP) is 3.56. The number of amides is 2. The smallest absolute Gasteiger partial charge is 0.242 e. The summed E-state index contributed by atoms with van der Waals surface area (Å²) in [4.78, 5) is 27.5. The summed E-state index contributed by atoms with van der Waals surface area (Å²) in [6.45, 7) is 5.80. The van der Waals surface area contributed by atoms with Gasteiger partial charge in [0.05, 0.1) is 4.90 Å². The fourth-order valence-corrected chi connectivity index (χ4v) is 4.55. The lowest BCUT2D eigenvalue weighted by atomic mass is 10.1. The molecule has 2 aromatic rings. The summed E-state index contributed by atoms with van der Waals surface area (Å²) in [6, 6.07) is 13.1. The highest BCUT2D eigenvalue weighted by Gasteiger charge is 2.27. The van der Waals surface area contributed by atoms with Crippen molar-refractivity contribution >= 4 is 21.8 Å². The van der Waals surface area contributed by atoms with Gasteiger partial charge in [0.1, 0.15) is 11.9 Å². The Labute approximate surface area is 202 Å². The fraction of sp³-hybridized carbons (Fsp3) is 0.440. The summed E-state index contributed by atoms with van der Waals surface area (Å²) < 4.78 is 39.9. The molecule has 0 aliphatic heterocycles. The van der Waals surface area contributed by atoms with E-state index in [9.17, 15) is 22.4 Å². The van der Waals surface area contributed by atoms with Gasteiger partial charge in [0.2, 0.25) is 21.8 Å². The molecule has 0 aliphatic rings. The van der Waals surface area contributed by atoms with Crippen LogP contribution in [0.4, 0.5) is 4.39 Å². The molecule has 0 radical (unpaired) electrons. The second kappa shape index (κ2) is 12.6. The lowest BCUT2D eigenvalue weighted by molar-refractivity contribution is -0.141. The van der Waals surface area contributed by atoms with E-state index in [4.69, 9.17) is 0 Å². The van der Waals surface area contributed by atoms with E-state index in [2.05, 4.69) is 5.32 Å². The monoisotopic (exact) mass is 491 g/mol. The largest absolute Gasteiger partial charge is 0.352 e. The Kier molecular flexibility index (Phi) is 10.2. The quantitative estimate of drug-likeness (QED) is 0.492. The first kappa shape index (κ1) is 27.5. The third-order valence-electron chi connectivity index (χ3n) is 5.75. The van der Waals surface area contributed by atoms with Crippen LogP contribution in [0.5, 0.6) is 0 Å². The number of nitrogens with zero attached hydrogens (tertiary/aromatic N) is 2. The normalized spacial score (nSPS) is 13.4. The SMILES string of the molecule is CCC(C)NC(=O)C(C)N(Cc1ccc(F)cc1)C(=O)CCCN(C)S(=O)(=O)c1ccccc1. The molecule has 0 aromatic heterocycles. The van der Waals surface area contributed by atoms with Crippen LogP contribution in [0.25, 0.3) is 0 Å². The van der Waals surface area contributed by atoms with Gasteiger partial charge in [-0.05, 0) is 56.5 Å². The Morgan fingerprint density at radius 1 is 1.03 bits per heavy atom. The third kappa shape index (κ3) is 7.63. The minimum atomic E-state index is -3.65. The Balaban J connectivity index is 2.08. The van der Waals surface area contributed by atoms with Crippen molar-refractivity contribution in [3.8, 4) is 0 Å². The number of hydrogen-bond acceptors (Lipinski definition) is 4. The Hall–Kier alpha value is -2.78. The van der Waals surface area contributed by atoms with Crippen LogP contribution >= 0.6 is 0 Å². The topological polar surface area (TPSA) is 86.8 Å². The molecular weight excluding hydrogens is 457 g/mol. The molecule has 2 amide bonds. The number of nitrogens with one attached hydrogen (secondary N) is 1. The van der Waals surface area contributed by atoms with Crippen molar-refractivity contribution < 1.29 is 22.4 Å². The molecule has 0 spiro atoms. The number of hydrogen-bond donors (Lipinski definition) is 1. The highest BCUT2D eigenvalue weighted by Crippen LogP contribution is 2.16. The highest BCUT2D eigenvalue weighted by molar-refractivity contribution is 7.89. The van der Waals surface area contributed by atoms with Gasteiger partial charge in [-0.1, -0.05) is 37.3 Å². The van der Waals surface area contributed by atoms with E-state index in [1.54, 1.807) is 37.3 Å². The van der Waals surface area contributed by atoms with Crippen molar-refractivity contribution in [3.05, 3.63) is 66.0 Å². The van der Waals surface area contributed by atoms with Crippen molar-refractivity contribution in [2.75, 3.05) is 13.6 Å². The van der Waals surface area contributed by atoms with Crippen molar-refractivity contribution in [2.45, 2.75) is 63.6 Å². The van der Waals surface area contributed by atoms with Crippen LogP contribution < -0.4 is 5.32 Å². The van der Waals surface area contributed by atoms with Crippen LogP contribution in [0.2, 0.25) is 0 Å². The van der Waals surface area contributed by atoms with Gasteiger partial charge in [0.15, 0.2) is 0 Å². The molecule has 2 rings (SSSR count). The zero-order chi connectivity index (χ0) is 25.3. The molecule has 0 saturated carbocycles. The second-order valence-electron chi connectivity index (χ2n) is 8.39. The molecule has 34 heavy (non-hydrogen) atoms. The molecule has 2 unspecified atom stereocenters. The maximum absolute atomic E-state index is 13.3. The van der Waals surface area contributed by atoms with Crippen LogP contribution in [0.15, 0.2) is 59.5 Å². The van der Waals surface area contributed by atoms with Crippen LogP contribution in [0.3, 0.4) is 0 Å². The molecule has 0 aliphatic carbocycles.